The van der Waals surface area contributed by atoms with E-state index < -0.39 is 0 Å². The predicted octanol–water partition coefficient (Wildman–Crippen LogP) is 3.63. The van der Waals surface area contributed by atoms with E-state index in [9.17, 15) is 0 Å². The molecule has 2 rings (SSSR count). The summed E-state index contributed by atoms with van der Waals surface area (Å²) in [5.41, 5.74) is 2.27. The first kappa shape index (κ1) is 20.9. The molecule has 7 heteroatoms. The lowest BCUT2D eigenvalue weighted by Gasteiger charge is -2.16. The lowest BCUT2D eigenvalue weighted by Crippen LogP contribution is -2.39. The molecule has 0 amide bonds. The van der Waals surface area contributed by atoms with Crippen molar-refractivity contribution in [2.24, 2.45) is 4.99 Å². The number of nitrogens with one attached hydrogen (secondary N) is 2. The van der Waals surface area contributed by atoms with E-state index in [0.717, 1.165) is 30.4 Å². The molecule has 0 fully saturated rings. The number of aliphatic imine (C=N–C) groups is 1. The first-order valence-electron chi connectivity index (χ1n) is 8.96. The van der Waals surface area contributed by atoms with Gasteiger partial charge in [-0.2, -0.15) is 11.3 Å². The van der Waals surface area contributed by atoms with Crippen LogP contribution in [0.15, 0.2) is 34.0 Å². The zero-order valence-corrected chi connectivity index (χ0v) is 17.5. The summed E-state index contributed by atoms with van der Waals surface area (Å²) in [6, 6.07) is 5.89. The normalized spacial score (nSPS) is 12.4. The minimum Gasteiger partial charge on any atom is -0.496 e. The van der Waals surface area contributed by atoms with Crippen molar-refractivity contribution in [1.82, 2.24) is 10.6 Å². The van der Waals surface area contributed by atoms with Gasteiger partial charge in [0.1, 0.15) is 5.75 Å². The molecule has 1 aromatic heterocycles. The molecule has 0 saturated carbocycles. The number of nitrogens with zero attached hydrogens (tertiary/aromatic N) is 1. The molecule has 27 heavy (non-hydrogen) atoms. The van der Waals surface area contributed by atoms with Gasteiger partial charge in [0, 0.05) is 24.7 Å². The number of hydrogen-bond donors (Lipinski definition) is 2. The van der Waals surface area contributed by atoms with Crippen molar-refractivity contribution in [3.63, 3.8) is 0 Å². The number of benzene rings is 1. The minimum atomic E-state index is 0.413. The van der Waals surface area contributed by atoms with Gasteiger partial charge in [-0.25, -0.2) is 4.99 Å². The van der Waals surface area contributed by atoms with Crippen molar-refractivity contribution in [3.8, 4) is 17.2 Å². The Kier molecular flexibility index (Phi) is 8.26. The second kappa shape index (κ2) is 10.7. The highest BCUT2D eigenvalue weighted by molar-refractivity contribution is 7.07. The molecule has 1 atom stereocenters. The van der Waals surface area contributed by atoms with Gasteiger partial charge in [-0.3, -0.25) is 0 Å². The average Bonchev–Trinajstić information content (AvgIpc) is 3.24. The minimum absolute atomic E-state index is 0.413. The van der Waals surface area contributed by atoms with E-state index in [1.807, 2.05) is 12.1 Å². The molecule has 1 aromatic carbocycles. The van der Waals surface area contributed by atoms with Crippen LogP contribution in [0.3, 0.4) is 0 Å². The molecule has 0 aliphatic heterocycles. The predicted molar refractivity (Wildman–Crippen MR) is 112 cm³/mol. The van der Waals surface area contributed by atoms with Gasteiger partial charge in [0.25, 0.3) is 0 Å². The van der Waals surface area contributed by atoms with E-state index in [1.54, 1.807) is 32.7 Å². The van der Waals surface area contributed by atoms with Crippen LogP contribution in [0, 0.1) is 0 Å². The van der Waals surface area contributed by atoms with E-state index in [0.29, 0.717) is 24.0 Å². The third-order valence-corrected chi connectivity index (χ3v) is 4.93. The Labute approximate surface area is 165 Å². The van der Waals surface area contributed by atoms with Gasteiger partial charge >= 0.3 is 0 Å². The zero-order valence-electron chi connectivity index (χ0n) is 16.7. The van der Waals surface area contributed by atoms with E-state index in [4.69, 9.17) is 19.2 Å². The van der Waals surface area contributed by atoms with E-state index in [-0.39, 0.29) is 0 Å². The van der Waals surface area contributed by atoms with Crippen LogP contribution in [0.1, 0.15) is 30.9 Å². The van der Waals surface area contributed by atoms with Crippen LogP contribution < -0.4 is 24.8 Å². The molecule has 0 aliphatic carbocycles. The van der Waals surface area contributed by atoms with Crippen LogP contribution in [0.2, 0.25) is 0 Å². The van der Waals surface area contributed by atoms with E-state index >= 15 is 0 Å². The summed E-state index contributed by atoms with van der Waals surface area (Å²) in [7, 11) is 4.87. The third-order valence-electron chi connectivity index (χ3n) is 4.23. The maximum absolute atomic E-state index is 5.48. The zero-order chi connectivity index (χ0) is 19.6. The number of thiophene rings is 1. The number of guanidine groups is 1. The maximum Gasteiger partial charge on any atom is 0.191 e. The van der Waals surface area contributed by atoms with Crippen LogP contribution in [0.5, 0.6) is 17.2 Å². The van der Waals surface area contributed by atoms with Gasteiger partial charge < -0.3 is 24.8 Å². The van der Waals surface area contributed by atoms with Crippen molar-refractivity contribution in [1.29, 1.82) is 0 Å². The lowest BCUT2D eigenvalue weighted by molar-refractivity contribution is 0.347. The molecule has 1 heterocycles. The maximum atomic E-state index is 5.48. The van der Waals surface area contributed by atoms with Crippen molar-refractivity contribution in [2.45, 2.75) is 26.3 Å². The molecular formula is C20H29N3O3S. The van der Waals surface area contributed by atoms with Gasteiger partial charge in [0.05, 0.1) is 27.9 Å². The highest BCUT2D eigenvalue weighted by Gasteiger charge is 2.12. The Hall–Kier alpha value is -2.41. The van der Waals surface area contributed by atoms with Crippen LogP contribution in [-0.4, -0.2) is 40.4 Å². The Morgan fingerprint density at radius 1 is 1.07 bits per heavy atom. The molecular weight excluding hydrogens is 362 g/mol. The monoisotopic (exact) mass is 391 g/mol. The van der Waals surface area contributed by atoms with E-state index in [1.165, 1.54) is 5.56 Å². The van der Waals surface area contributed by atoms with Crippen molar-refractivity contribution < 1.29 is 14.2 Å². The van der Waals surface area contributed by atoms with Gasteiger partial charge in [0.15, 0.2) is 17.5 Å². The Bertz CT molecular complexity index is 732. The molecule has 0 spiro atoms. The summed E-state index contributed by atoms with van der Waals surface area (Å²) in [5, 5.41) is 11.0. The van der Waals surface area contributed by atoms with Crippen molar-refractivity contribution in [2.75, 3.05) is 34.4 Å². The highest BCUT2D eigenvalue weighted by atomic mass is 32.1. The molecule has 2 N–H and O–H groups in total. The van der Waals surface area contributed by atoms with Crippen molar-refractivity contribution >= 4 is 17.3 Å². The van der Waals surface area contributed by atoms with Gasteiger partial charge in [-0.1, -0.05) is 6.92 Å². The van der Waals surface area contributed by atoms with Crippen LogP contribution in [-0.2, 0) is 6.54 Å². The summed E-state index contributed by atoms with van der Waals surface area (Å²) in [6.45, 7) is 6.32. The number of hydrogen-bond acceptors (Lipinski definition) is 5. The summed E-state index contributed by atoms with van der Waals surface area (Å²) >= 11 is 1.72. The Morgan fingerprint density at radius 3 is 2.37 bits per heavy atom. The summed E-state index contributed by atoms with van der Waals surface area (Å²) in [5.74, 6) is 3.20. The fourth-order valence-corrected chi connectivity index (χ4v) is 3.43. The topological polar surface area (TPSA) is 64.1 Å². The molecule has 0 bridgehead atoms. The van der Waals surface area contributed by atoms with Crippen LogP contribution in [0.25, 0.3) is 0 Å². The summed E-state index contributed by atoms with van der Waals surface area (Å²) in [4.78, 5) is 4.70. The second-order valence-electron chi connectivity index (χ2n) is 6.05. The third kappa shape index (κ3) is 5.79. The molecule has 148 valence electrons. The summed E-state index contributed by atoms with van der Waals surface area (Å²) in [6.07, 6.45) is 0. The summed E-state index contributed by atoms with van der Waals surface area (Å²) < 4.78 is 16.2. The lowest BCUT2D eigenvalue weighted by atomic mass is 10.1. The SMILES string of the molecule is CCNC(=NCc1cc(OC)c(OC)cc1OC)NCC(C)c1ccsc1. The van der Waals surface area contributed by atoms with Gasteiger partial charge in [-0.15, -0.1) is 0 Å². The number of ether oxygens (including phenoxy) is 3. The van der Waals surface area contributed by atoms with Crippen molar-refractivity contribution in [3.05, 3.63) is 40.1 Å². The molecule has 2 aromatic rings. The molecule has 0 radical (unpaired) electrons. The van der Waals surface area contributed by atoms with Gasteiger partial charge in [0.2, 0.25) is 0 Å². The average molecular weight is 392 g/mol. The standard InChI is InChI=1S/C20H29N3O3S/c1-6-21-20(22-11-14(2)15-7-8-27-13-15)23-12-16-9-18(25-4)19(26-5)10-17(16)24-3/h7-10,13-14H,6,11-12H2,1-5H3,(H2,21,22,23). The highest BCUT2D eigenvalue weighted by Crippen LogP contribution is 2.34. The molecule has 0 aliphatic rings. The fraction of sp³-hybridized carbons (Fsp3) is 0.450. The van der Waals surface area contributed by atoms with Crippen LogP contribution >= 0.6 is 11.3 Å². The molecule has 6 nitrogen and oxygen atoms in total. The smallest absolute Gasteiger partial charge is 0.191 e. The van der Waals surface area contributed by atoms with Gasteiger partial charge in [-0.05, 0) is 41.3 Å². The fourth-order valence-electron chi connectivity index (χ4n) is 2.65. The molecule has 1 unspecified atom stereocenters. The Morgan fingerprint density at radius 2 is 1.78 bits per heavy atom. The number of methoxy groups -OCH3 is 3. The van der Waals surface area contributed by atoms with E-state index in [2.05, 4.69) is 41.3 Å². The quantitative estimate of drug-likeness (QED) is 0.505. The first-order valence-corrected chi connectivity index (χ1v) is 9.90. The number of rotatable bonds is 9. The Balaban J connectivity index is 2.11. The largest absolute Gasteiger partial charge is 0.496 e. The van der Waals surface area contributed by atoms with Crippen LogP contribution in [0.4, 0.5) is 0 Å². The molecule has 0 saturated heterocycles. The first-order chi connectivity index (χ1) is 13.1. The second-order valence-corrected chi connectivity index (χ2v) is 6.83.